The second-order valence-electron chi connectivity index (χ2n) is 6.95. The van der Waals surface area contributed by atoms with Crippen LogP contribution in [0.5, 0.6) is 0 Å². The van der Waals surface area contributed by atoms with Gasteiger partial charge in [0, 0.05) is 5.41 Å². The van der Waals surface area contributed by atoms with E-state index in [9.17, 15) is 34.5 Å². The molecule has 0 radical (unpaired) electrons. The summed E-state index contributed by atoms with van der Waals surface area (Å²) in [5.41, 5.74) is -5.49. The molecule has 4 aliphatic carbocycles. The number of aliphatic carboxylic acids is 3. The third kappa shape index (κ3) is 1.42. The van der Waals surface area contributed by atoms with Crippen molar-refractivity contribution in [3.63, 3.8) is 0 Å². The van der Waals surface area contributed by atoms with Crippen molar-refractivity contribution in [2.75, 3.05) is 0 Å². The van der Waals surface area contributed by atoms with Crippen LogP contribution in [0.1, 0.15) is 32.1 Å². The first-order valence-electron chi connectivity index (χ1n) is 7.02. The fraction of sp³-hybridized carbons (Fsp3) is 0.714. The monoisotopic (exact) mass is 330 g/mol. The Morgan fingerprint density at radius 2 is 1.50 bits per heavy atom. The zero-order valence-corrected chi connectivity index (χ0v) is 12.3. The van der Waals surface area contributed by atoms with E-state index in [0.29, 0.717) is 12.8 Å². The first kappa shape index (κ1) is 15.3. The molecule has 4 unspecified atom stereocenters. The molecule has 0 saturated heterocycles. The lowest BCUT2D eigenvalue weighted by molar-refractivity contribution is -0.233. The van der Waals surface area contributed by atoms with Crippen LogP contribution in [-0.2, 0) is 19.2 Å². The molecular formula is C14H15ClO7. The molecule has 120 valence electrons. The summed E-state index contributed by atoms with van der Waals surface area (Å²) < 4.78 is 0. The van der Waals surface area contributed by atoms with Gasteiger partial charge in [0.15, 0.2) is 5.41 Å². The molecule has 0 aromatic carbocycles. The molecule has 4 rings (SSSR count). The van der Waals surface area contributed by atoms with Crippen LogP contribution in [0.4, 0.5) is 0 Å². The molecule has 0 heterocycles. The maximum absolute atomic E-state index is 12.0. The van der Waals surface area contributed by atoms with Crippen LogP contribution >= 0.6 is 11.6 Å². The molecular weight excluding hydrogens is 316 g/mol. The summed E-state index contributed by atoms with van der Waals surface area (Å²) in [6, 6.07) is 0. The van der Waals surface area contributed by atoms with E-state index in [2.05, 4.69) is 0 Å². The first-order chi connectivity index (χ1) is 10.1. The van der Waals surface area contributed by atoms with Crippen molar-refractivity contribution in [3.05, 3.63) is 0 Å². The predicted molar refractivity (Wildman–Crippen MR) is 71.1 cm³/mol. The SMILES string of the molecule is O=C(Cl)C12CC3CC(C1)C(C(=O)O)(C(=O)O)C(C(=O)O)(C3)C2. The van der Waals surface area contributed by atoms with Gasteiger partial charge in [-0.2, -0.15) is 0 Å². The van der Waals surface area contributed by atoms with E-state index in [1.807, 2.05) is 0 Å². The number of halogens is 1. The fourth-order valence-electron chi connectivity index (χ4n) is 5.55. The smallest absolute Gasteiger partial charge is 0.322 e. The molecule has 4 bridgehead atoms. The number of carbonyl (C=O) groups is 4. The van der Waals surface area contributed by atoms with E-state index >= 15 is 0 Å². The van der Waals surface area contributed by atoms with E-state index in [4.69, 9.17) is 11.6 Å². The molecule has 0 aromatic heterocycles. The Morgan fingerprint density at radius 3 is 1.95 bits per heavy atom. The minimum absolute atomic E-state index is 0.0272. The van der Waals surface area contributed by atoms with Crippen molar-refractivity contribution in [2.24, 2.45) is 28.1 Å². The van der Waals surface area contributed by atoms with Gasteiger partial charge < -0.3 is 15.3 Å². The van der Waals surface area contributed by atoms with Crippen LogP contribution in [0.25, 0.3) is 0 Å². The highest BCUT2D eigenvalue weighted by Crippen LogP contribution is 2.73. The Balaban J connectivity index is 2.28. The quantitative estimate of drug-likeness (QED) is 0.521. The molecule has 0 aliphatic heterocycles. The van der Waals surface area contributed by atoms with E-state index in [-0.39, 0.29) is 25.2 Å². The number of hydrogen-bond acceptors (Lipinski definition) is 4. The summed E-state index contributed by atoms with van der Waals surface area (Å²) in [4.78, 5) is 47.6. The van der Waals surface area contributed by atoms with Crippen LogP contribution in [0, 0.1) is 28.1 Å². The van der Waals surface area contributed by atoms with Gasteiger partial charge >= 0.3 is 17.9 Å². The zero-order chi connectivity index (χ0) is 16.5. The van der Waals surface area contributed by atoms with Crippen molar-refractivity contribution < 1.29 is 34.5 Å². The average molecular weight is 331 g/mol. The lowest BCUT2D eigenvalue weighted by Crippen LogP contribution is -2.72. The summed E-state index contributed by atoms with van der Waals surface area (Å²) in [6.45, 7) is 0. The Morgan fingerprint density at radius 1 is 0.909 bits per heavy atom. The van der Waals surface area contributed by atoms with Crippen LogP contribution < -0.4 is 0 Å². The highest BCUT2D eigenvalue weighted by molar-refractivity contribution is 6.64. The van der Waals surface area contributed by atoms with Gasteiger partial charge in [0.05, 0.1) is 5.41 Å². The molecule has 4 fully saturated rings. The Hall–Kier alpha value is -1.63. The van der Waals surface area contributed by atoms with Crippen LogP contribution in [-0.4, -0.2) is 38.5 Å². The molecule has 0 amide bonds. The van der Waals surface area contributed by atoms with Crippen LogP contribution in [0.2, 0.25) is 0 Å². The highest BCUT2D eigenvalue weighted by Gasteiger charge is 2.79. The summed E-state index contributed by atoms with van der Waals surface area (Å²) >= 11 is 5.69. The number of carbonyl (C=O) groups excluding carboxylic acids is 1. The Labute approximate surface area is 130 Å². The molecule has 3 N–H and O–H groups in total. The average Bonchev–Trinajstić information content (AvgIpc) is 2.36. The lowest BCUT2D eigenvalue weighted by atomic mass is 9.35. The van der Waals surface area contributed by atoms with Gasteiger partial charge in [0.1, 0.15) is 0 Å². The normalized spacial score (nSPS) is 41.1. The van der Waals surface area contributed by atoms with E-state index in [1.165, 1.54) is 0 Å². The number of rotatable bonds is 4. The molecule has 22 heavy (non-hydrogen) atoms. The van der Waals surface area contributed by atoms with Crippen molar-refractivity contribution in [3.8, 4) is 0 Å². The van der Waals surface area contributed by atoms with Crippen LogP contribution in [0.15, 0.2) is 0 Å². The van der Waals surface area contributed by atoms with Crippen molar-refractivity contribution in [1.82, 2.24) is 0 Å². The minimum atomic E-state index is -2.40. The van der Waals surface area contributed by atoms with Gasteiger partial charge in [-0.15, -0.1) is 0 Å². The maximum atomic E-state index is 12.0. The zero-order valence-electron chi connectivity index (χ0n) is 11.5. The molecule has 0 spiro atoms. The third-order valence-electron chi connectivity index (χ3n) is 6.08. The fourth-order valence-corrected chi connectivity index (χ4v) is 5.77. The topological polar surface area (TPSA) is 129 Å². The van der Waals surface area contributed by atoms with E-state index < -0.39 is 45.3 Å². The molecule has 7 nitrogen and oxygen atoms in total. The number of carboxylic acid groups (broad SMARTS) is 3. The highest BCUT2D eigenvalue weighted by atomic mass is 35.5. The number of carboxylic acids is 3. The molecule has 8 heteroatoms. The van der Waals surface area contributed by atoms with Gasteiger partial charge in [0.25, 0.3) is 0 Å². The molecule has 4 saturated carbocycles. The van der Waals surface area contributed by atoms with E-state index in [0.717, 1.165) is 0 Å². The van der Waals surface area contributed by atoms with Gasteiger partial charge in [-0.1, -0.05) is 0 Å². The van der Waals surface area contributed by atoms with Gasteiger partial charge in [-0.25, -0.2) is 0 Å². The Kier molecular flexibility index (Phi) is 2.93. The first-order valence-corrected chi connectivity index (χ1v) is 7.40. The second-order valence-corrected chi connectivity index (χ2v) is 7.29. The summed E-state index contributed by atoms with van der Waals surface area (Å²) in [5, 5.41) is 28.3. The van der Waals surface area contributed by atoms with Gasteiger partial charge in [-0.3, -0.25) is 19.2 Å². The lowest BCUT2D eigenvalue weighted by Gasteiger charge is -2.64. The molecule has 4 aliphatic rings. The molecule has 4 atom stereocenters. The van der Waals surface area contributed by atoms with Crippen molar-refractivity contribution >= 4 is 34.8 Å². The largest absolute Gasteiger partial charge is 0.481 e. The van der Waals surface area contributed by atoms with Crippen LogP contribution in [0.3, 0.4) is 0 Å². The summed E-state index contributed by atoms with van der Waals surface area (Å²) in [6.07, 6.45) is 0.391. The van der Waals surface area contributed by atoms with E-state index in [1.54, 1.807) is 0 Å². The number of hydrogen-bond donors (Lipinski definition) is 3. The van der Waals surface area contributed by atoms with Crippen molar-refractivity contribution in [2.45, 2.75) is 32.1 Å². The standard InChI is InChI=1S/C14H15ClO7/c15-8(16)12-2-6-1-7(4-12)14(10(19)20,11(21)22)13(3-6,5-12)9(17)18/h6-7H,1-5H2,(H,17,18)(H,19,20)(H,21,22). The van der Waals surface area contributed by atoms with Crippen molar-refractivity contribution in [1.29, 1.82) is 0 Å². The summed E-state index contributed by atoms with van der Waals surface area (Å²) in [5.74, 6) is -5.82. The third-order valence-corrected chi connectivity index (χ3v) is 6.48. The second kappa shape index (κ2) is 4.22. The Bertz CT molecular complexity index is 600. The van der Waals surface area contributed by atoms with Gasteiger partial charge in [0.2, 0.25) is 5.24 Å². The predicted octanol–water partition coefficient (Wildman–Crippen LogP) is 1.19. The minimum Gasteiger partial charge on any atom is -0.481 e. The summed E-state index contributed by atoms with van der Waals surface area (Å²) in [7, 11) is 0. The molecule has 0 aromatic rings. The maximum Gasteiger partial charge on any atom is 0.322 e. The van der Waals surface area contributed by atoms with Gasteiger partial charge in [-0.05, 0) is 55.5 Å².